The van der Waals surface area contributed by atoms with Crippen LogP contribution in [0.1, 0.15) is 55.0 Å². The average Bonchev–Trinajstić information content (AvgIpc) is 3.50. The average molecular weight is 481 g/mol. The number of imidazole rings is 1. The van der Waals surface area contributed by atoms with E-state index in [-0.39, 0.29) is 5.54 Å². The smallest absolute Gasteiger partial charge is 0.407 e. The number of carbonyl (C=O) groups is 1. The van der Waals surface area contributed by atoms with Crippen LogP contribution in [0.3, 0.4) is 0 Å². The largest absolute Gasteiger partial charge is 0.443 e. The molecule has 0 spiro atoms. The number of methoxy groups -OCH3 is 1. The third kappa shape index (κ3) is 3.76. The van der Waals surface area contributed by atoms with Crippen molar-refractivity contribution in [3.8, 4) is 6.07 Å². The van der Waals surface area contributed by atoms with E-state index in [4.69, 9.17) is 9.47 Å². The lowest BCUT2D eigenvalue weighted by Crippen LogP contribution is -2.68. The number of nitrogens with zero attached hydrogens (tertiary/aromatic N) is 5. The van der Waals surface area contributed by atoms with Crippen molar-refractivity contribution in [2.24, 2.45) is 5.92 Å². The summed E-state index contributed by atoms with van der Waals surface area (Å²) in [6.07, 6.45) is 4.54. The fourth-order valence-corrected chi connectivity index (χ4v) is 5.51. The van der Waals surface area contributed by atoms with Gasteiger partial charge in [0.2, 0.25) is 5.95 Å². The number of alkyl halides is 1. The summed E-state index contributed by atoms with van der Waals surface area (Å²) in [4.78, 5) is 21.0. The molecule has 2 bridgehead atoms. The molecule has 1 amide bonds. The van der Waals surface area contributed by atoms with Gasteiger partial charge >= 0.3 is 6.09 Å². The van der Waals surface area contributed by atoms with E-state index in [9.17, 15) is 10.1 Å². The van der Waals surface area contributed by atoms with Crippen molar-refractivity contribution in [3.05, 3.63) is 35.4 Å². The van der Waals surface area contributed by atoms with Gasteiger partial charge in [0.1, 0.15) is 23.9 Å². The standard InChI is InChI=1S/C23H25FN8O3/c1-34-11-14-10-32-20(27-14)13(8-25)9-26-21(32)28-18-4-16(30-31-18)15-2-3-17(19(15)24)35-22(33)29-23-5-12(6-23)7-23/h4,9-10,12,15,17,19H,2-3,5-7,11H2,1H3,(H,29,33)(H2,26,28,30,31)/t12?,15-,17-,19+,23?/m1/s1. The van der Waals surface area contributed by atoms with E-state index in [0.717, 1.165) is 25.2 Å². The Kier molecular flexibility index (Phi) is 5.10. The molecule has 0 radical (unpaired) electrons. The lowest BCUT2D eigenvalue weighted by atomic mass is 9.50. The number of ether oxygens (including phenoxy) is 2. The lowest BCUT2D eigenvalue weighted by molar-refractivity contribution is -0.0532. The SMILES string of the molecule is COCc1cn2c(Nc3cc([C@H]4CC[C@@H](OC(=O)NC56CC(C5)C6)[C@H]4F)[nH]n3)ncc(C#N)c2n1. The number of nitrogens with one attached hydrogen (secondary N) is 3. The van der Waals surface area contributed by atoms with Crippen molar-refractivity contribution in [2.45, 2.75) is 62.4 Å². The molecular weight excluding hydrogens is 455 g/mol. The van der Waals surface area contributed by atoms with Gasteiger partial charge in [0.15, 0.2) is 11.5 Å². The van der Waals surface area contributed by atoms with Crippen molar-refractivity contribution in [1.82, 2.24) is 29.9 Å². The van der Waals surface area contributed by atoms with Gasteiger partial charge in [0.25, 0.3) is 0 Å². The maximum atomic E-state index is 15.2. The van der Waals surface area contributed by atoms with Crippen molar-refractivity contribution in [2.75, 3.05) is 12.4 Å². The molecule has 35 heavy (non-hydrogen) atoms. The molecule has 3 atom stereocenters. The summed E-state index contributed by atoms with van der Waals surface area (Å²) < 4.78 is 27.4. The van der Waals surface area contributed by atoms with Crippen LogP contribution in [0.2, 0.25) is 0 Å². The minimum absolute atomic E-state index is 0.0972. The second-order valence-corrected chi connectivity index (χ2v) is 9.76. The van der Waals surface area contributed by atoms with E-state index in [0.29, 0.717) is 53.8 Å². The second-order valence-electron chi connectivity index (χ2n) is 9.76. The van der Waals surface area contributed by atoms with Crippen molar-refractivity contribution < 1.29 is 18.7 Å². The number of H-pyrrole nitrogens is 1. The molecule has 0 saturated heterocycles. The zero-order valence-electron chi connectivity index (χ0n) is 19.1. The van der Waals surface area contributed by atoms with Crippen LogP contribution in [0.5, 0.6) is 0 Å². The zero-order chi connectivity index (χ0) is 24.2. The number of rotatable bonds is 7. The summed E-state index contributed by atoms with van der Waals surface area (Å²) in [5.41, 5.74) is 1.94. The highest BCUT2D eigenvalue weighted by atomic mass is 19.1. The van der Waals surface area contributed by atoms with E-state index in [1.807, 2.05) is 0 Å². The number of alkyl carbamates (subject to hydrolysis) is 1. The predicted octanol–water partition coefficient (Wildman–Crippen LogP) is 3.08. The number of anilines is 2. The van der Waals surface area contributed by atoms with Crippen LogP contribution in [0, 0.1) is 17.2 Å². The molecule has 4 aliphatic carbocycles. The Hall–Kier alpha value is -3.72. The Bertz CT molecular complexity index is 1310. The van der Waals surface area contributed by atoms with Gasteiger partial charge in [-0.1, -0.05) is 0 Å². The number of fused-ring (bicyclic) bond motifs is 1. The van der Waals surface area contributed by atoms with Crippen LogP contribution < -0.4 is 10.6 Å². The Morgan fingerprint density at radius 1 is 1.40 bits per heavy atom. The number of halogens is 1. The molecule has 3 heterocycles. The summed E-state index contributed by atoms with van der Waals surface area (Å²) in [5, 5.41) is 22.5. The summed E-state index contributed by atoms with van der Waals surface area (Å²) in [5.74, 6) is 1.13. The Balaban J connectivity index is 1.13. The first-order valence-corrected chi connectivity index (χ1v) is 11.7. The minimum atomic E-state index is -1.33. The summed E-state index contributed by atoms with van der Waals surface area (Å²) in [6, 6.07) is 3.81. The minimum Gasteiger partial charge on any atom is -0.443 e. The van der Waals surface area contributed by atoms with Gasteiger partial charge in [-0.25, -0.2) is 19.2 Å². The zero-order valence-corrected chi connectivity index (χ0v) is 19.1. The number of aromatic amines is 1. The quantitative estimate of drug-likeness (QED) is 0.468. The Morgan fingerprint density at radius 3 is 2.94 bits per heavy atom. The Morgan fingerprint density at radius 2 is 2.23 bits per heavy atom. The van der Waals surface area contributed by atoms with Crippen LogP contribution in [0.25, 0.3) is 5.65 Å². The molecule has 7 rings (SSSR count). The maximum absolute atomic E-state index is 15.2. The Labute approximate surface area is 200 Å². The topological polar surface area (TPSA) is 142 Å². The molecule has 11 nitrogen and oxygen atoms in total. The molecule has 3 aromatic heterocycles. The summed E-state index contributed by atoms with van der Waals surface area (Å²) in [7, 11) is 1.57. The normalized spacial score (nSPS) is 28.7. The fourth-order valence-electron chi connectivity index (χ4n) is 5.51. The first-order valence-electron chi connectivity index (χ1n) is 11.7. The molecule has 4 fully saturated rings. The highest BCUT2D eigenvalue weighted by molar-refractivity contribution is 5.69. The molecule has 0 aliphatic heterocycles. The van der Waals surface area contributed by atoms with Crippen LogP contribution in [0.4, 0.5) is 21.0 Å². The van der Waals surface area contributed by atoms with Gasteiger partial charge < -0.3 is 20.1 Å². The highest BCUT2D eigenvalue weighted by Crippen LogP contribution is 2.57. The van der Waals surface area contributed by atoms with Gasteiger partial charge in [-0.15, -0.1) is 0 Å². The lowest BCUT2D eigenvalue weighted by Gasteiger charge is -2.61. The number of hydrogen-bond acceptors (Lipinski definition) is 8. The molecule has 0 aromatic carbocycles. The van der Waals surface area contributed by atoms with Gasteiger partial charge in [-0.05, 0) is 38.0 Å². The van der Waals surface area contributed by atoms with Gasteiger partial charge in [0, 0.05) is 36.5 Å². The van der Waals surface area contributed by atoms with Gasteiger partial charge in [0.05, 0.1) is 18.5 Å². The number of hydrogen-bond donors (Lipinski definition) is 3. The monoisotopic (exact) mass is 480 g/mol. The van der Waals surface area contributed by atoms with Crippen LogP contribution in [0.15, 0.2) is 18.5 Å². The number of carbonyl (C=O) groups excluding carboxylic acids is 1. The number of amides is 1. The molecule has 3 N–H and O–H groups in total. The van der Waals surface area contributed by atoms with E-state index in [1.165, 1.54) is 6.20 Å². The summed E-state index contributed by atoms with van der Waals surface area (Å²) >= 11 is 0. The van der Waals surface area contributed by atoms with E-state index < -0.39 is 24.3 Å². The highest BCUT2D eigenvalue weighted by Gasteiger charge is 2.58. The first-order chi connectivity index (χ1) is 17.0. The molecule has 0 unspecified atom stereocenters. The van der Waals surface area contributed by atoms with Crippen LogP contribution >= 0.6 is 0 Å². The van der Waals surface area contributed by atoms with Crippen molar-refractivity contribution >= 4 is 23.5 Å². The fraction of sp³-hybridized carbons (Fsp3) is 0.522. The van der Waals surface area contributed by atoms with Crippen molar-refractivity contribution in [1.29, 1.82) is 5.26 Å². The molecular formula is C23H25FN8O3. The summed E-state index contributed by atoms with van der Waals surface area (Å²) in [6.45, 7) is 0.293. The molecule has 182 valence electrons. The van der Waals surface area contributed by atoms with E-state index in [2.05, 4.69) is 36.9 Å². The van der Waals surface area contributed by atoms with Gasteiger partial charge in [-0.3, -0.25) is 9.50 Å². The van der Waals surface area contributed by atoms with Crippen LogP contribution in [-0.2, 0) is 16.1 Å². The maximum Gasteiger partial charge on any atom is 0.407 e. The third-order valence-corrected chi connectivity index (χ3v) is 7.36. The predicted molar refractivity (Wildman–Crippen MR) is 121 cm³/mol. The second kappa shape index (κ2) is 8.20. The van der Waals surface area contributed by atoms with Crippen LogP contribution in [-0.4, -0.2) is 55.6 Å². The third-order valence-electron chi connectivity index (χ3n) is 7.36. The number of nitriles is 1. The van der Waals surface area contributed by atoms with Crippen molar-refractivity contribution in [3.63, 3.8) is 0 Å². The molecule has 4 aliphatic rings. The number of aromatic nitrogens is 5. The molecule has 3 aromatic rings. The van der Waals surface area contributed by atoms with E-state index >= 15 is 4.39 Å². The first kappa shape index (κ1) is 21.8. The molecule has 4 saturated carbocycles. The van der Waals surface area contributed by atoms with Gasteiger partial charge in [-0.2, -0.15) is 10.4 Å². The molecule has 12 heteroatoms. The van der Waals surface area contributed by atoms with E-state index in [1.54, 1.807) is 23.8 Å².